The van der Waals surface area contributed by atoms with Gasteiger partial charge in [0.25, 0.3) is 25.8 Å². The number of rotatable bonds is 16. The Labute approximate surface area is 393 Å². The fourth-order valence-corrected chi connectivity index (χ4v) is 13.6. The summed E-state index contributed by atoms with van der Waals surface area (Å²) in [4.78, 5) is 18.7. The van der Waals surface area contributed by atoms with Crippen LogP contribution in [0.15, 0.2) is 98.6 Å². The standard InChI is InChI=1S/C47H57F6N5O6S3/c1-43(2)16-14-39(44-30-45(31-44,32-44)46(48,49)50)34(27-43)28-57-18-20-58(21-19-57)36-10-8-33(9-11-36)42(59)55-67(62,63)38-12-13-40(41(26-38)66(60,61)47(51,52)53)54-35(15-17-56-22-24-64-25-23-56)29-65-37-6-4-3-5-7-37/h3-13,26,35,54H,14-25,27-32H2,1-2H3,(H,55,59). The van der Waals surface area contributed by atoms with Gasteiger partial charge in [-0.25, -0.2) is 21.6 Å². The number of sulfonamides is 1. The number of nitrogens with one attached hydrogen (secondary N) is 2. The van der Waals surface area contributed by atoms with Gasteiger partial charge in [-0.1, -0.05) is 43.2 Å². The zero-order valence-corrected chi connectivity index (χ0v) is 40.0. The van der Waals surface area contributed by atoms with Crippen molar-refractivity contribution in [2.45, 2.75) is 91.2 Å². The van der Waals surface area contributed by atoms with E-state index in [-0.39, 0.29) is 35.7 Å². The SMILES string of the molecule is CC1(C)CCC(C23CC(C(F)(F)F)(C2)C3)=C(CN2CCN(c3ccc(C(=O)NS(=O)(=O)c4ccc(NC(CCN5CCOCC5)CSc5ccccc5)c(S(=O)(=O)C(F)(F)F)c4)cc3)CC2)C1. The van der Waals surface area contributed by atoms with Crippen LogP contribution in [-0.2, 0) is 24.6 Å². The summed E-state index contributed by atoms with van der Waals surface area (Å²) >= 11 is 1.43. The molecular weight excluding hydrogens is 941 g/mol. The van der Waals surface area contributed by atoms with Crippen molar-refractivity contribution in [3.05, 3.63) is 89.5 Å². The van der Waals surface area contributed by atoms with Gasteiger partial charge in [-0.15, -0.1) is 11.8 Å². The second kappa shape index (κ2) is 18.8. The van der Waals surface area contributed by atoms with Gasteiger partial charge in [-0.3, -0.25) is 14.6 Å². The van der Waals surface area contributed by atoms with Crippen LogP contribution in [0.2, 0.25) is 0 Å². The zero-order valence-electron chi connectivity index (χ0n) is 37.5. The van der Waals surface area contributed by atoms with Crippen LogP contribution < -0.4 is 14.9 Å². The number of morpholine rings is 1. The Kier molecular flexibility index (Phi) is 13.9. The van der Waals surface area contributed by atoms with Crippen molar-refractivity contribution in [2.75, 3.05) is 81.5 Å². The molecule has 1 atom stereocenters. The minimum Gasteiger partial charge on any atom is -0.380 e. The maximum absolute atomic E-state index is 14.2. The molecule has 67 heavy (non-hydrogen) atoms. The zero-order chi connectivity index (χ0) is 48.0. The lowest BCUT2D eigenvalue weighted by atomic mass is 9.32. The highest BCUT2D eigenvalue weighted by molar-refractivity contribution is 7.99. The molecule has 0 radical (unpaired) electrons. The molecule has 2 N–H and O–H groups in total. The van der Waals surface area contributed by atoms with Crippen LogP contribution in [0.5, 0.6) is 0 Å². The number of nitrogens with zero attached hydrogens (tertiary/aromatic N) is 3. The molecule has 6 aliphatic rings. The lowest BCUT2D eigenvalue weighted by Crippen LogP contribution is -2.69. The number of allylic oxidation sites excluding steroid dienone is 1. The third kappa shape index (κ3) is 10.7. The number of sulfone groups is 1. The monoisotopic (exact) mass is 997 g/mol. The second-order valence-corrected chi connectivity index (χ2v) is 24.3. The van der Waals surface area contributed by atoms with Gasteiger partial charge in [-0.05, 0) is 110 Å². The van der Waals surface area contributed by atoms with Crippen LogP contribution in [0.1, 0.15) is 69.2 Å². The number of halogens is 6. The third-order valence-electron chi connectivity index (χ3n) is 14.3. The smallest absolute Gasteiger partial charge is 0.380 e. The minimum atomic E-state index is -6.08. The van der Waals surface area contributed by atoms with Crippen molar-refractivity contribution in [2.24, 2.45) is 16.2 Å². The van der Waals surface area contributed by atoms with Crippen molar-refractivity contribution in [1.82, 2.24) is 14.5 Å². The molecule has 3 saturated carbocycles. The number of thioether (sulfide) groups is 1. The van der Waals surface area contributed by atoms with Crippen LogP contribution in [0.4, 0.5) is 37.7 Å². The summed E-state index contributed by atoms with van der Waals surface area (Å²) in [7, 11) is -11.0. The first kappa shape index (κ1) is 49.6. The fraction of sp³-hybridized carbons (Fsp3) is 0.553. The van der Waals surface area contributed by atoms with Gasteiger partial charge in [0.2, 0.25) is 0 Å². The molecular formula is C47H57F6N5O6S3. The van der Waals surface area contributed by atoms with Crippen LogP contribution in [0.3, 0.4) is 0 Å². The van der Waals surface area contributed by atoms with E-state index >= 15 is 0 Å². The van der Waals surface area contributed by atoms with Gasteiger partial charge >= 0.3 is 11.7 Å². The number of benzene rings is 3. The highest BCUT2D eigenvalue weighted by Crippen LogP contribution is 2.81. The van der Waals surface area contributed by atoms with Crippen LogP contribution >= 0.6 is 11.8 Å². The van der Waals surface area contributed by atoms with Gasteiger partial charge in [-0.2, -0.15) is 26.3 Å². The second-order valence-electron chi connectivity index (χ2n) is 19.6. The number of alkyl halides is 6. The first-order valence-electron chi connectivity index (χ1n) is 22.6. The number of ether oxygens (including phenoxy) is 1. The Balaban J connectivity index is 0.917. The number of hydrogen-bond acceptors (Lipinski definition) is 11. The highest BCUT2D eigenvalue weighted by atomic mass is 32.2. The molecule has 4 aliphatic carbocycles. The largest absolute Gasteiger partial charge is 0.501 e. The van der Waals surface area contributed by atoms with E-state index < -0.39 is 64.4 Å². The van der Waals surface area contributed by atoms with Crippen molar-refractivity contribution in [3.63, 3.8) is 0 Å². The van der Waals surface area contributed by atoms with Crippen LogP contribution in [-0.4, -0.2) is 122 Å². The molecule has 2 aliphatic heterocycles. The first-order chi connectivity index (χ1) is 31.5. The van der Waals surface area contributed by atoms with E-state index in [1.165, 1.54) is 35.0 Å². The maximum Gasteiger partial charge on any atom is 0.501 e. The third-order valence-corrected chi connectivity index (χ3v) is 18.3. The molecule has 0 aromatic heterocycles. The average Bonchev–Trinajstić information content (AvgIpc) is 3.24. The van der Waals surface area contributed by atoms with E-state index in [1.807, 2.05) is 35.1 Å². The van der Waals surface area contributed by atoms with E-state index in [0.29, 0.717) is 83.8 Å². The van der Waals surface area contributed by atoms with E-state index in [9.17, 15) is 48.0 Å². The molecule has 9 rings (SSSR count). The summed E-state index contributed by atoms with van der Waals surface area (Å²) < 4.78 is 144. The van der Waals surface area contributed by atoms with Crippen molar-refractivity contribution in [3.8, 4) is 0 Å². The topological polar surface area (TPSA) is 128 Å². The summed E-state index contributed by atoms with van der Waals surface area (Å²) in [6.07, 6.45) is -0.427. The number of amides is 1. The maximum atomic E-state index is 14.2. The summed E-state index contributed by atoms with van der Waals surface area (Å²) in [5, 5.41) is 2.97. The van der Waals surface area contributed by atoms with Gasteiger partial charge < -0.3 is 15.0 Å². The molecule has 0 spiro atoms. The normalized spacial score (nSPS) is 24.4. The Morgan fingerprint density at radius 3 is 2.12 bits per heavy atom. The van der Waals surface area contributed by atoms with E-state index in [1.54, 1.807) is 12.1 Å². The van der Waals surface area contributed by atoms with Crippen molar-refractivity contribution >= 4 is 48.9 Å². The van der Waals surface area contributed by atoms with Crippen LogP contribution in [0, 0.1) is 16.2 Å². The predicted octanol–water partition coefficient (Wildman–Crippen LogP) is 8.76. The van der Waals surface area contributed by atoms with Gasteiger partial charge in [0.05, 0.1) is 29.2 Å². The molecule has 2 heterocycles. The highest BCUT2D eigenvalue weighted by Gasteiger charge is 2.79. The Morgan fingerprint density at radius 2 is 1.49 bits per heavy atom. The van der Waals surface area contributed by atoms with E-state index in [0.717, 1.165) is 42.0 Å². The summed E-state index contributed by atoms with van der Waals surface area (Å²) in [5.41, 5.74) is -4.64. The molecule has 11 nitrogen and oxygen atoms in total. The van der Waals surface area contributed by atoms with Crippen LogP contribution in [0.25, 0.3) is 0 Å². The van der Waals surface area contributed by atoms with E-state index in [4.69, 9.17) is 4.74 Å². The quantitative estimate of drug-likeness (QED) is 0.0813. The van der Waals surface area contributed by atoms with Gasteiger partial charge in [0, 0.05) is 80.3 Å². The molecule has 2 bridgehead atoms. The number of anilines is 2. The number of carbonyl (C=O) groups excluding carboxylic acids is 1. The molecule has 3 aromatic carbocycles. The molecule has 366 valence electrons. The lowest BCUT2D eigenvalue weighted by Gasteiger charge is -2.72. The van der Waals surface area contributed by atoms with Gasteiger partial charge in [0.1, 0.15) is 4.90 Å². The molecule has 2 saturated heterocycles. The summed E-state index contributed by atoms with van der Waals surface area (Å²) in [6, 6.07) is 17.3. The Morgan fingerprint density at radius 1 is 0.836 bits per heavy atom. The summed E-state index contributed by atoms with van der Waals surface area (Å²) in [6.45, 7) is 10.8. The Hall–Kier alpha value is -3.82. The molecule has 5 fully saturated rings. The number of piperazine rings is 1. The molecule has 1 unspecified atom stereocenters. The first-order valence-corrected chi connectivity index (χ1v) is 26.6. The lowest BCUT2D eigenvalue weighted by molar-refractivity contribution is -0.353. The van der Waals surface area contributed by atoms with Crippen molar-refractivity contribution < 1.29 is 52.7 Å². The molecule has 1 amide bonds. The predicted molar refractivity (Wildman–Crippen MR) is 245 cm³/mol. The summed E-state index contributed by atoms with van der Waals surface area (Å²) in [5.74, 6) is -0.715. The van der Waals surface area contributed by atoms with Crippen molar-refractivity contribution in [1.29, 1.82) is 0 Å². The molecule has 20 heteroatoms. The van der Waals surface area contributed by atoms with E-state index in [2.05, 4.69) is 33.9 Å². The molecule has 3 aromatic rings. The Bertz CT molecular complexity index is 2520. The van der Waals surface area contributed by atoms with Gasteiger partial charge in [0.15, 0.2) is 0 Å². The number of hydrogen-bond donors (Lipinski definition) is 2. The minimum absolute atomic E-state index is 0.0494. The number of carbonyl (C=O) groups is 1. The average molecular weight is 998 g/mol. The fourth-order valence-electron chi connectivity index (χ4n) is 10.5.